The molecule has 0 aliphatic rings. The zero-order valence-electron chi connectivity index (χ0n) is 14.0. The van der Waals surface area contributed by atoms with Crippen molar-refractivity contribution >= 4 is 23.1 Å². The second-order valence-corrected chi connectivity index (χ2v) is 6.28. The molecule has 0 radical (unpaired) electrons. The summed E-state index contributed by atoms with van der Waals surface area (Å²) in [5.41, 5.74) is 0.863. The molecule has 0 atom stereocenters. The minimum Gasteiger partial charge on any atom is -0.466 e. The fourth-order valence-corrected chi connectivity index (χ4v) is 2.20. The van der Waals surface area contributed by atoms with Crippen molar-refractivity contribution in [3.8, 4) is 0 Å². The molecule has 0 aliphatic heterocycles. The maximum atomic E-state index is 12.5. The lowest BCUT2D eigenvalue weighted by molar-refractivity contribution is -0.141. The Hall–Kier alpha value is -2.37. The van der Waals surface area contributed by atoms with E-state index in [1.54, 1.807) is 0 Å². The molecule has 0 amide bonds. The summed E-state index contributed by atoms with van der Waals surface area (Å²) in [6.07, 6.45) is 0.654. The molecule has 2 rings (SSSR count). The first-order valence-electron chi connectivity index (χ1n) is 7.61. The molecule has 0 saturated carbocycles. The molecule has 0 bridgehead atoms. The lowest BCUT2D eigenvalue weighted by Crippen LogP contribution is -2.28. The van der Waals surface area contributed by atoms with Gasteiger partial charge < -0.3 is 9.47 Å². The molecule has 0 fully saturated rings. The molecule has 0 N–H and O–H groups in total. The molecule has 6 nitrogen and oxygen atoms in total. The number of nitrogens with zero attached hydrogens (tertiary/aromatic N) is 2. The standard InChI is InChI=1S/C17H22N2O4/c1-12(20)22-11-7-10-15-18-13-8-5-6-9-14(13)19(15)16(21)23-17(2,3)4/h5-6,8-9H,7,10-11H2,1-4H3. The summed E-state index contributed by atoms with van der Waals surface area (Å²) >= 11 is 0. The van der Waals surface area contributed by atoms with E-state index in [9.17, 15) is 9.59 Å². The molecule has 0 unspecified atom stereocenters. The number of ether oxygens (including phenoxy) is 2. The number of carbonyl (C=O) groups is 2. The first kappa shape index (κ1) is 17.0. The van der Waals surface area contributed by atoms with Gasteiger partial charge in [-0.15, -0.1) is 0 Å². The van der Waals surface area contributed by atoms with E-state index in [4.69, 9.17) is 9.47 Å². The number of rotatable bonds is 4. The van der Waals surface area contributed by atoms with Crippen molar-refractivity contribution in [2.75, 3.05) is 6.61 Å². The largest absolute Gasteiger partial charge is 0.466 e. The van der Waals surface area contributed by atoms with Crippen molar-refractivity contribution in [2.45, 2.75) is 46.1 Å². The van der Waals surface area contributed by atoms with Crippen molar-refractivity contribution in [1.82, 2.24) is 9.55 Å². The normalized spacial score (nSPS) is 11.5. The van der Waals surface area contributed by atoms with Crippen LogP contribution in [-0.2, 0) is 20.7 Å². The highest BCUT2D eigenvalue weighted by Gasteiger charge is 2.22. The Morgan fingerprint density at radius 1 is 1.22 bits per heavy atom. The molecule has 0 spiro atoms. The molecule has 1 aromatic heterocycles. The Balaban J connectivity index is 2.26. The molecule has 23 heavy (non-hydrogen) atoms. The van der Waals surface area contributed by atoms with Gasteiger partial charge in [-0.25, -0.2) is 14.3 Å². The Bertz CT molecular complexity index is 713. The van der Waals surface area contributed by atoms with Crippen LogP contribution in [0.15, 0.2) is 24.3 Å². The second kappa shape index (κ2) is 6.81. The monoisotopic (exact) mass is 318 g/mol. The predicted molar refractivity (Wildman–Crippen MR) is 86.3 cm³/mol. The van der Waals surface area contributed by atoms with E-state index in [-0.39, 0.29) is 5.97 Å². The number of hydrogen-bond acceptors (Lipinski definition) is 5. The molecule has 0 saturated heterocycles. The van der Waals surface area contributed by atoms with Crippen LogP contribution < -0.4 is 0 Å². The number of imidazole rings is 1. The number of aryl methyl sites for hydroxylation is 1. The summed E-state index contributed by atoms with van der Waals surface area (Å²) in [4.78, 5) is 27.8. The van der Waals surface area contributed by atoms with Gasteiger partial charge in [0.1, 0.15) is 11.4 Å². The zero-order valence-corrected chi connectivity index (χ0v) is 14.0. The average Bonchev–Trinajstić information content (AvgIpc) is 2.79. The fourth-order valence-electron chi connectivity index (χ4n) is 2.20. The van der Waals surface area contributed by atoms with Gasteiger partial charge >= 0.3 is 12.1 Å². The van der Waals surface area contributed by atoms with Crippen LogP contribution in [0.5, 0.6) is 0 Å². The summed E-state index contributed by atoms with van der Waals surface area (Å²) in [5.74, 6) is 0.290. The quantitative estimate of drug-likeness (QED) is 0.639. The summed E-state index contributed by atoms with van der Waals surface area (Å²) < 4.78 is 11.9. The minimum absolute atomic E-state index is 0.298. The van der Waals surface area contributed by atoms with Crippen molar-refractivity contribution in [3.63, 3.8) is 0 Å². The SMILES string of the molecule is CC(=O)OCCCc1nc2ccccc2n1C(=O)OC(C)(C)C. The second-order valence-electron chi connectivity index (χ2n) is 6.28. The van der Waals surface area contributed by atoms with Gasteiger partial charge in [-0.1, -0.05) is 12.1 Å². The minimum atomic E-state index is -0.586. The molecule has 2 aromatic rings. The first-order chi connectivity index (χ1) is 10.8. The summed E-state index contributed by atoms with van der Waals surface area (Å²) in [7, 11) is 0. The Morgan fingerprint density at radius 2 is 1.91 bits per heavy atom. The third-order valence-electron chi connectivity index (χ3n) is 3.06. The van der Waals surface area contributed by atoms with E-state index in [1.807, 2.05) is 45.0 Å². The Morgan fingerprint density at radius 3 is 2.57 bits per heavy atom. The average molecular weight is 318 g/mol. The Labute approximate surface area is 135 Å². The van der Waals surface area contributed by atoms with Gasteiger partial charge in [-0.3, -0.25) is 4.79 Å². The van der Waals surface area contributed by atoms with Crippen molar-refractivity contribution in [2.24, 2.45) is 0 Å². The maximum Gasteiger partial charge on any atom is 0.420 e. The van der Waals surface area contributed by atoms with E-state index in [2.05, 4.69) is 4.98 Å². The molecule has 0 aliphatic carbocycles. The van der Waals surface area contributed by atoms with Crippen LogP contribution in [0.2, 0.25) is 0 Å². The number of carbonyl (C=O) groups excluding carboxylic acids is 2. The summed E-state index contributed by atoms with van der Waals surface area (Å²) in [6.45, 7) is 7.14. The topological polar surface area (TPSA) is 70.4 Å². The van der Waals surface area contributed by atoms with Crippen molar-refractivity contribution < 1.29 is 19.1 Å². The van der Waals surface area contributed by atoms with Gasteiger partial charge in [0.05, 0.1) is 17.6 Å². The van der Waals surface area contributed by atoms with Crippen LogP contribution in [0.3, 0.4) is 0 Å². The third kappa shape index (κ3) is 4.55. The fraction of sp³-hybridized carbons (Fsp3) is 0.471. The van der Waals surface area contributed by atoms with Gasteiger partial charge in [0.2, 0.25) is 0 Å². The van der Waals surface area contributed by atoms with Crippen LogP contribution in [-0.4, -0.2) is 33.8 Å². The van der Waals surface area contributed by atoms with E-state index < -0.39 is 11.7 Å². The number of benzene rings is 1. The molecule has 1 heterocycles. The molecule has 6 heteroatoms. The number of esters is 1. The molecule has 1 aromatic carbocycles. The van der Waals surface area contributed by atoms with E-state index >= 15 is 0 Å². The zero-order chi connectivity index (χ0) is 17.0. The van der Waals surface area contributed by atoms with Crippen LogP contribution in [0.1, 0.15) is 39.9 Å². The molecule has 124 valence electrons. The van der Waals surface area contributed by atoms with Gasteiger partial charge in [-0.05, 0) is 39.3 Å². The van der Waals surface area contributed by atoms with Crippen LogP contribution >= 0.6 is 0 Å². The van der Waals surface area contributed by atoms with Crippen molar-refractivity contribution in [1.29, 1.82) is 0 Å². The first-order valence-corrected chi connectivity index (χ1v) is 7.61. The van der Waals surface area contributed by atoms with Crippen LogP contribution in [0.4, 0.5) is 4.79 Å². The van der Waals surface area contributed by atoms with Gasteiger partial charge in [-0.2, -0.15) is 0 Å². The van der Waals surface area contributed by atoms with E-state index in [1.165, 1.54) is 11.5 Å². The Kier molecular flexibility index (Phi) is 5.03. The molecular weight excluding hydrogens is 296 g/mol. The van der Waals surface area contributed by atoms with Gasteiger partial charge in [0.25, 0.3) is 0 Å². The highest BCUT2D eigenvalue weighted by atomic mass is 16.6. The lowest BCUT2D eigenvalue weighted by Gasteiger charge is -2.20. The number of hydrogen-bond donors (Lipinski definition) is 0. The highest BCUT2D eigenvalue weighted by molar-refractivity contribution is 5.87. The van der Waals surface area contributed by atoms with Crippen LogP contribution in [0, 0.1) is 0 Å². The highest BCUT2D eigenvalue weighted by Crippen LogP contribution is 2.19. The van der Waals surface area contributed by atoms with E-state index in [0.29, 0.717) is 30.8 Å². The summed E-state index contributed by atoms with van der Waals surface area (Å²) in [5, 5.41) is 0. The van der Waals surface area contributed by atoms with Gasteiger partial charge in [0.15, 0.2) is 0 Å². The number of para-hydroxylation sites is 2. The van der Waals surface area contributed by atoms with Crippen molar-refractivity contribution in [3.05, 3.63) is 30.1 Å². The molecular formula is C17H22N2O4. The smallest absolute Gasteiger partial charge is 0.420 e. The van der Waals surface area contributed by atoms with E-state index in [0.717, 1.165) is 5.52 Å². The lowest BCUT2D eigenvalue weighted by atomic mass is 10.2. The van der Waals surface area contributed by atoms with Crippen LogP contribution in [0.25, 0.3) is 11.0 Å². The maximum absolute atomic E-state index is 12.5. The predicted octanol–water partition coefficient (Wildman–Crippen LogP) is 3.32. The number of fused-ring (bicyclic) bond motifs is 1. The summed E-state index contributed by atoms with van der Waals surface area (Å²) in [6, 6.07) is 7.42. The third-order valence-corrected chi connectivity index (χ3v) is 3.06. The van der Waals surface area contributed by atoms with Gasteiger partial charge in [0, 0.05) is 13.3 Å². The number of aromatic nitrogens is 2.